The maximum absolute atomic E-state index is 12.6. The zero-order valence-corrected chi connectivity index (χ0v) is 12.0. The summed E-state index contributed by atoms with van der Waals surface area (Å²) in [4.78, 5) is 0.340. The van der Waals surface area contributed by atoms with Crippen molar-refractivity contribution < 1.29 is 8.42 Å². The Hall–Kier alpha value is -0.580. The van der Waals surface area contributed by atoms with Crippen LogP contribution in [0.2, 0.25) is 5.02 Å². The molecule has 2 rings (SSSR count). The number of hydrogen-bond donors (Lipinski definition) is 0. The van der Waals surface area contributed by atoms with Crippen LogP contribution in [0, 0.1) is 0 Å². The van der Waals surface area contributed by atoms with E-state index in [0.29, 0.717) is 16.5 Å². The number of hydrogen-bond acceptors (Lipinski definition) is 2. The molecule has 5 heteroatoms. The van der Waals surface area contributed by atoms with Crippen molar-refractivity contribution in [1.29, 1.82) is 0 Å². The van der Waals surface area contributed by atoms with Crippen LogP contribution in [0.4, 0.5) is 0 Å². The third-order valence-corrected chi connectivity index (χ3v) is 5.68. The van der Waals surface area contributed by atoms with Crippen LogP contribution in [0.5, 0.6) is 0 Å². The van der Waals surface area contributed by atoms with Gasteiger partial charge in [0.1, 0.15) is 0 Å². The highest BCUT2D eigenvalue weighted by Gasteiger charge is 2.32. The van der Waals surface area contributed by atoms with Gasteiger partial charge in [-0.15, -0.1) is 0 Å². The van der Waals surface area contributed by atoms with E-state index < -0.39 is 10.0 Å². The van der Waals surface area contributed by atoms with Crippen LogP contribution in [0.15, 0.2) is 29.2 Å². The normalized spacial score (nSPS) is 22.0. The lowest BCUT2D eigenvalue weighted by atomic mass is 10.0. The molecule has 1 heterocycles. The molecule has 0 bridgehead atoms. The predicted octanol–water partition coefficient (Wildman–Crippen LogP) is 3.29. The minimum absolute atomic E-state index is 0.138. The smallest absolute Gasteiger partial charge is 0.207 e. The summed E-state index contributed by atoms with van der Waals surface area (Å²) in [7, 11) is -3.37. The number of nitrogens with zero attached hydrogens (tertiary/aromatic N) is 1. The van der Waals surface area contributed by atoms with Crippen LogP contribution in [-0.2, 0) is 10.0 Å². The van der Waals surface area contributed by atoms with E-state index in [1.807, 2.05) is 6.92 Å². The molecule has 1 aromatic carbocycles. The van der Waals surface area contributed by atoms with Gasteiger partial charge in [0.2, 0.25) is 10.0 Å². The zero-order chi connectivity index (χ0) is 13.2. The highest BCUT2D eigenvalue weighted by molar-refractivity contribution is 7.89. The van der Waals surface area contributed by atoms with Crippen molar-refractivity contribution in [3.63, 3.8) is 0 Å². The third-order valence-electron chi connectivity index (χ3n) is 3.46. The van der Waals surface area contributed by atoms with E-state index in [-0.39, 0.29) is 6.04 Å². The molecule has 100 valence electrons. The van der Waals surface area contributed by atoms with Gasteiger partial charge in [0.05, 0.1) is 4.90 Å². The molecule has 0 aromatic heterocycles. The molecule has 3 nitrogen and oxygen atoms in total. The van der Waals surface area contributed by atoms with E-state index >= 15 is 0 Å². The number of halogens is 1. The summed E-state index contributed by atoms with van der Waals surface area (Å²) in [5.41, 5.74) is 0. The van der Waals surface area contributed by atoms with Gasteiger partial charge in [-0.3, -0.25) is 0 Å². The second-order valence-corrected chi connectivity index (χ2v) is 6.95. The Bertz CT molecular complexity index is 498. The van der Waals surface area contributed by atoms with Crippen molar-refractivity contribution >= 4 is 21.6 Å². The summed E-state index contributed by atoms with van der Waals surface area (Å²) >= 11 is 5.80. The molecule has 1 aliphatic rings. The van der Waals surface area contributed by atoms with Gasteiger partial charge < -0.3 is 0 Å². The van der Waals surface area contributed by atoms with Crippen LogP contribution in [0.1, 0.15) is 32.6 Å². The number of piperidine rings is 1. The van der Waals surface area contributed by atoms with Crippen molar-refractivity contribution in [3.8, 4) is 0 Å². The van der Waals surface area contributed by atoms with Gasteiger partial charge in [-0.05, 0) is 43.5 Å². The van der Waals surface area contributed by atoms with Crippen LogP contribution < -0.4 is 0 Å². The lowest BCUT2D eigenvalue weighted by molar-refractivity contribution is 0.246. The van der Waals surface area contributed by atoms with Gasteiger partial charge in [0.25, 0.3) is 0 Å². The van der Waals surface area contributed by atoms with Crippen molar-refractivity contribution in [1.82, 2.24) is 4.31 Å². The molecular formula is C13H18ClNO2S. The molecular weight excluding hydrogens is 270 g/mol. The summed E-state index contributed by atoms with van der Waals surface area (Å²) in [5.74, 6) is 0. The van der Waals surface area contributed by atoms with Gasteiger partial charge >= 0.3 is 0 Å². The maximum atomic E-state index is 12.6. The second kappa shape index (κ2) is 5.59. The van der Waals surface area contributed by atoms with Crippen molar-refractivity contribution in [3.05, 3.63) is 29.3 Å². The van der Waals surface area contributed by atoms with E-state index in [2.05, 4.69) is 0 Å². The Balaban J connectivity index is 2.32. The van der Waals surface area contributed by atoms with Crippen molar-refractivity contribution in [2.45, 2.75) is 43.5 Å². The Morgan fingerprint density at radius 1 is 1.28 bits per heavy atom. The fraction of sp³-hybridized carbons (Fsp3) is 0.538. The predicted molar refractivity (Wildman–Crippen MR) is 73.3 cm³/mol. The minimum Gasteiger partial charge on any atom is -0.207 e. The van der Waals surface area contributed by atoms with E-state index in [9.17, 15) is 8.42 Å². The molecule has 0 unspecified atom stereocenters. The summed E-state index contributed by atoms with van der Waals surface area (Å²) in [6.45, 7) is 2.67. The van der Waals surface area contributed by atoms with E-state index in [1.165, 1.54) is 0 Å². The fourth-order valence-electron chi connectivity index (χ4n) is 2.44. The molecule has 1 aromatic rings. The van der Waals surface area contributed by atoms with Crippen molar-refractivity contribution in [2.75, 3.05) is 6.54 Å². The molecule has 18 heavy (non-hydrogen) atoms. The lowest BCUT2D eigenvalue weighted by Crippen LogP contribution is -2.43. The first-order chi connectivity index (χ1) is 8.55. The first-order valence-corrected chi connectivity index (χ1v) is 8.15. The number of rotatable bonds is 3. The van der Waals surface area contributed by atoms with E-state index in [4.69, 9.17) is 11.6 Å². The van der Waals surface area contributed by atoms with Gasteiger partial charge in [0.15, 0.2) is 0 Å². The van der Waals surface area contributed by atoms with Crippen LogP contribution in [0.3, 0.4) is 0 Å². The molecule has 0 N–H and O–H groups in total. The molecule has 0 aliphatic carbocycles. The summed E-state index contributed by atoms with van der Waals surface area (Å²) in [6, 6.07) is 6.55. The van der Waals surface area contributed by atoms with Gasteiger partial charge in [-0.1, -0.05) is 24.9 Å². The van der Waals surface area contributed by atoms with Crippen molar-refractivity contribution in [2.24, 2.45) is 0 Å². The Labute approximate surface area is 114 Å². The van der Waals surface area contributed by atoms with Crippen LogP contribution in [-0.4, -0.2) is 25.3 Å². The SMILES string of the molecule is CC[C@@H]1CCCCN1S(=O)(=O)c1ccc(Cl)cc1. The van der Waals surface area contributed by atoms with Gasteiger partial charge in [0, 0.05) is 17.6 Å². The monoisotopic (exact) mass is 287 g/mol. The quantitative estimate of drug-likeness (QED) is 0.855. The largest absolute Gasteiger partial charge is 0.243 e. The van der Waals surface area contributed by atoms with Gasteiger partial charge in [-0.25, -0.2) is 8.42 Å². The van der Waals surface area contributed by atoms with E-state index in [1.54, 1.807) is 28.6 Å². The lowest BCUT2D eigenvalue weighted by Gasteiger charge is -2.34. The second-order valence-electron chi connectivity index (χ2n) is 4.63. The molecule has 1 saturated heterocycles. The molecule has 0 saturated carbocycles. The number of sulfonamides is 1. The molecule has 1 fully saturated rings. The van der Waals surface area contributed by atoms with Crippen LogP contribution in [0.25, 0.3) is 0 Å². The van der Waals surface area contributed by atoms with E-state index in [0.717, 1.165) is 25.7 Å². The summed E-state index contributed by atoms with van der Waals surface area (Å²) in [6.07, 6.45) is 3.89. The standard InChI is InChI=1S/C13H18ClNO2S/c1-2-12-5-3-4-10-15(12)18(16,17)13-8-6-11(14)7-9-13/h6-9,12H,2-5,10H2,1H3/t12-/m1/s1. The Kier molecular flexibility index (Phi) is 4.30. The average Bonchev–Trinajstić information content (AvgIpc) is 2.39. The first kappa shape index (κ1) is 13.8. The fourth-order valence-corrected chi connectivity index (χ4v) is 4.33. The molecule has 0 amide bonds. The zero-order valence-electron chi connectivity index (χ0n) is 10.5. The minimum atomic E-state index is -3.37. The first-order valence-electron chi connectivity index (χ1n) is 6.33. The number of benzene rings is 1. The topological polar surface area (TPSA) is 37.4 Å². The third kappa shape index (κ3) is 2.71. The summed E-state index contributed by atoms with van der Waals surface area (Å²) < 4.78 is 26.8. The Morgan fingerprint density at radius 2 is 1.94 bits per heavy atom. The molecule has 1 atom stereocenters. The molecule has 0 spiro atoms. The summed E-state index contributed by atoms with van der Waals surface area (Å²) in [5, 5.41) is 0.555. The van der Waals surface area contributed by atoms with Crippen LogP contribution >= 0.6 is 11.6 Å². The highest BCUT2D eigenvalue weighted by Crippen LogP contribution is 2.27. The molecule has 1 aliphatic heterocycles. The Morgan fingerprint density at radius 3 is 2.56 bits per heavy atom. The molecule has 0 radical (unpaired) electrons. The average molecular weight is 288 g/mol. The van der Waals surface area contributed by atoms with Gasteiger partial charge in [-0.2, -0.15) is 4.31 Å². The highest BCUT2D eigenvalue weighted by atomic mass is 35.5. The maximum Gasteiger partial charge on any atom is 0.243 e.